The number of nitro benzene ring substituents is 1. The summed E-state index contributed by atoms with van der Waals surface area (Å²) in [6, 6.07) is 4.87. The molecule has 0 spiro atoms. The highest BCUT2D eigenvalue weighted by Crippen LogP contribution is 2.20. The lowest BCUT2D eigenvalue weighted by Gasteiger charge is -2.08. The number of aliphatic hydroxyl groups excluding tert-OH is 1. The molecule has 0 bridgehead atoms. The standard InChI is InChI=1S/C11H16N2O3/c1-8-5-10(12-4-3-9(2)14)7-11(6-8)13(15)16/h5-7,9,12,14H,3-4H2,1-2H3. The lowest BCUT2D eigenvalue weighted by molar-refractivity contribution is -0.384. The normalized spacial score (nSPS) is 12.2. The van der Waals surface area contributed by atoms with Crippen molar-refractivity contribution in [1.29, 1.82) is 0 Å². The van der Waals surface area contributed by atoms with Gasteiger partial charge in [-0.15, -0.1) is 0 Å². The summed E-state index contributed by atoms with van der Waals surface area (Å²) in [6.07, 6.45) is 0.245. The summed E-state index contributed by atoms with van der Waals surface area (Å²) in [5.74, 6) is 0. The van der Waals surface area contributed by atoms with E-state index in [4.69, 9.17) is 5.11 Å². The van der Waals surface area contributed by atoms with Crippen molar-refractivity contribution in [2.75, 3.05) is 11.9 Å². The Morgan fingerprint density at radius 1 is 1.50 bits per heavy atom. The highest BCUT2D eigenvalue weighted by Gasteiger charge is 2.07. The summed E-state index contributed by atoms with van der Waals surface area (Å²) in [7, 11) is 0. The van der Waals surface area contributed by atoms with Crippen LogP contribution in [0.1, 0.15) is 18.9 Å². The first-order chi connectivity index (χ1) is 7.49. The molecule has 5 heteroatoms. The summed E-state index contributed by atoms with van der Waals surface area (Å²) in [4.78, 5) is 10.2. The Morgan fingerprint density at radius 2 is 2.19 bits per heavy atom. The van der Waals surface area contributed by atoms with E-state index in [1.807, 2.05) is 13.0 Å². The van der Waals surface area contributed by atoms with E-state index in [0.717, 1.165) is 5.56 Å². The molecule has 0 fully saturated rings. The van der Waals surface area contributed by atoms with Crippen LogP contribution >= 0.6 is 0 Å². The predicted molar refractivity (Wildman–Crippen MR) is 62.6 cm³/mol. The Labute approximate surface area is 94.3 Å². The van der Waals surface area contributed by atoms with Gasteiger partial charge in [0.2, 0.25) is 0 Å². The van der Waals surface area contributed by atoms with Gasteiger partial charge in [0.1, 0.15) is 0 Å². The molecule has 16 heavy (non-hydrogen) atoms. The van der Waals surface area contributed by atoms with E-state index in [9.17, 15) is 10.1 Å². The van der Waals surface area contributed by atoms with Gasteiger partial charge in [-0.2, -0.15) is 0 Å². The van der Waals surface area contributed by atoms with Crippen LogP contribution in [0.5, 0.6) is 0 Å². The SMILES string of the molecule is Cc1cc(NCCC(C)O)cc([N+](=O)[O-])c1. The van der Waals surface area contributed by atoms with Gasteiger partial charge in [-0.05, 0) is 31.9 Å². The van der Waals surface area contributed by atoms with Crippen molar-refractivity contribution in [3.63, 3.8) is 0 Å². The first-order valence-electron chi connectivity index (χ1n) is 5.17. The van der Waals surface area contributed by atoms with Gasteiger partial charge in [-0.25, -0.2) is 0 Å². The minimum Gasteiger partial charge on any atom is -0.393 e. The third kappa shape index (κ3) is 3.86. The van der Waals surface area contributed by atoms with Crippen LogP contribution in [0.25, 0.3) is 0 Å². The second-order valence-electron chi connectivity index (χ2n) is 3.88. The van der Waals surface area contributed by atoms with E-state index in [0.29, 0.717) is 18.7 Å². The van der Waals surface area contributed by atoms with E-state index in [2.05, 4.69) is 5.32 Å². The van der Waals surface area contributed by atoms with Crippen LogP contribution in [-0.4, -0.2) is 22.7 Å². The lowest BCUT2D eigenvalue weighted by Crippen LogP contribution is -2.09. The van der Waals surface area contributed by atoms with Crippen molar-refractivity contribution in [3.05, 3.63) is 33.9 Å². The van der Waals surface area contributed by atoms with Crippen LogP contribution in [0.15, 0.2) is 18.2 Å². The van der Waals surface area contributed by atoms with Crippen LogP contribution in [0.3, 0.4) is 0 Å². The number of nitro groups is 1. The Balaban J connectivity index is 2.69. The van der Waals surface area contributed by atoms with Crippen LogP contribution in [0, 0.1) is 17.0 Å². The third-order valence-electron chi connectivity index (χ3n) is 2.16. The summed E-state index contributed by atoms with van der Waals surface area (Å²) in [5.41, 5.74) is 1.64. The number of nitrogens with one attached hydrogen (secondary N) is 1. The minimum absolute atomic E-state index is 0.0829. The fourth-order valence-electron chi connectivity index (χ4n) is 1.40. The van der Waals surface area contributed by atoms with E-state index >= 15 is 0 Å². The molecule has 0 saturated heterocycles. The van der Waals surface area contributed by atoms with Crippen LogP contribution in [0.2, 0.25) is 0 Å². The number of hydrogen-bond acceptors (Lipinski definition) is 4. The van der Waals surface area contributed by atoms with Crippen LogP contribution < -0.4 is 5.32 Å². The molecule has 0 aromatic heterocycles. The molecule has 5 nitrogen and oxygen atoms in total. The first-order valence-corrected chi connectivity index (χ1v) is 5.17. The fraction of sp³-hybridized carbons (Fsp3) is 0.455. The molecular formula is C11H16N2O3. The number of aryl methyl sites for hydroxylation is 1. The number of hydrogen-bond donors (Lipinski definition) is 2. The summed E-state index contributed by atoms with van der Waals surface area (Å²) < 4.78 is 0. The van der Waals surface area contributed by atoms with Gasteiger partial charge in [0.25, 0.3) is 5.69 Å². The number of anilines is 1. The van der Waals surface area contributed by atoms with Gasteiger partial charge < -0.3 is 10.4 Å². The highest BCUT2D eigenvalue weighted by molar-refractivity contribution is 5.53. The van der Waals surface area contributed by atoms with Gasteiger partial charge in [0, 0.05) is 24.4 Å². The second-order valence-corrected chi connectivity index (χ2v) is 3.88. The maximum atomic E-state index is 10.6. The smallest absolute Gasteiger partial charge is 0.271 e. The zero-order chi connectivity index (χ0) is 12.1. The van der Waals surface area contributed by atoms with Crippen LogP contribution in [-0.2, 0) is 0 Å². The molecule has 2 N–H and O–H groups in total. The molecule has 0 aliphatic heterocycles. The predicted octanol–water partition coefficient (Wildman–Crippen LogP) is 2.09. The van der Waals surface area contributed by atoms with E-state index in [1.165, 1.54) is 12.1 Å². The van der Waals surface area contributed by atoms with Gasteiger partial charge in [0.15, 0.2) is 0 Å². The molecule has 1 rings (SSSR count). The molecule has 0 aliphatic rings. The molecule has 0 radical (unpaired) electrons. The third-order valence-corrected chi connectivity index (χ3v) is 2.16. The van der Waals surface area contributed by atoms with E-state index < -0.39 is 4.92 Å². The Kier molecular flexibility index (Phi) is 4.25. The van der Waals surface area contributed by atoms with Crippen molar-refractivity contribution in [2.45, 2.75) is 26.4 Å². The van der Waals surface area contributed by atoms with Crippen LogP contribution in [0.4, 0.5) is 11.4 Å². The first kappa shape index (κ1) is 12.4. The van der Waals surface area contributed by atoms with Crippen molar-refractivity contribution < 1.29 is 10.0 Å². The Morgan fingerprint density at radius 3 is 2.75 bits per heavy atom. The maximum absolute atomic E-state index is 10.6. The molecular weight excluding hydrogens is 208 g/mol. The summed E-state index contributed by atoms with van der Waals surface area (Å²) in [6.45, 7) is 4.12. The molecule has 1 unspecified atom stereocenters. The quantitative estimate of drug-likeness (QED) is 0.593. The van der Waals surface area contributed by atoms with Gasteiger partial charge >= 0.3 is 0 Å². The minimum atomic E-state index is -0.410. The fourth-order valence-corrected chi connectivity index (χ4v) is 1.40. The second kappa shape index (κ2) is 5.46. The topological polar surface area (TPSA) is 75.4 Å². The number of rotatable bonds is 5. The molecule has 0 heterocycles. The molecule has 1 atom stereocenters. The molecule has 1 aromatic carbocycles. The molecule has 1 aromatic rings. The number of aliphatic hydroxyl groups is 1. The number of non-ortho nitro benzene ring substituents is 1. The average Bonchev–Trinajstić information content (AvgIpc) is 2.16. The summed E-state index contributed by atoms with van der Waals surface area (Å²) >= 11 is 0. The zero-order valence-electron chi connectivity index (χ0n) is 9.43. The van der Waals surface area contributed by atoms with Gasteiger partial charge in [-0.1, -0.05) is 0 Å². The Hall–Kier alpha value is -1.62. The molecule has 0 aliphatic carbocycles. The molecule has 0 amide bonds. The molecule has 88 valence electrons. The summed E-state index contributed by atoms with van der Waals surface area (Å²) in [5, 5.41) is 22.8. The van der Waals surface area contributed by atoms with Crippen molar-refractivity contribution in [2.24, 2.45) is 0 Å². The lowest BCUT2D eigenvalue weighted by atomic mass is 10.2. The largest absolute Gasteiger partial charge is 0.393 e. The van der Waals surface area contributed by atoms with Gasteiger partial charge in [-0.3, -0.25) is 10.1 Å². The zero-order valence-corrected chi connectivity index (χ0v) is 9.43. The maximum Gasteiger partial charge on any atom is 0.271 e. The van der Waals surface area contributed by atoms with Crippen molar-refractivity contribution >= 4 is 11.4 Å². The van der Waals surface area contributed by atoms with Gasteiger partial charge in [0.05, 0.1) is 11.0 Å². The van der Waals surface area contributed by atoms with E-state index in [-0.39, 0.29) is 11.8 Å². The monoisotopic (exact) mass is 224 g/mol. The van der Waals surface area contributed by atoms with E-state index in [1.54, 1.807) is 6.92 Å². The average molecular weight is 224 g/mol. The Bertz CT molecular complexity index is 377. The van der Waals surface area contributed by atoms with Crippen molar-refractivity contribution in [1.82, 2.24) is 0 Å². The molecule has 0 saturated carbocycles. The number of benzene rings is 1. The number of nitrogens with zero attached hydrogens (tertiary/aromatic N) is 1. The highest BCUT2D eigenvalue weighted by atomic mass is 16.6. The van der Waals surface area contributed by atoms with Crippen molar-refractivity contribution in [3.8, 4) is 0 Å².